The third-order valence-corrected chi connectivity index (χ3v) is 3.10. The van der Waals surface area contributed by atoms with Gasteiger partial charge in [0, 0.05) is 18.7 Å². The molecule has 0 saturated carbocycles. The molecule has 0 spiro atoms. The van der Waals surface area contributed by atoms with E-state index in [0.29, 0.717) is 18.5 Å². The van der Waals surface area contributed by atoms with Gasteiger partial charge in [-0.2, -0.15) is 5.10 Å². The molecule has 2 rings (SSSR count). The minimum Gasteiger partial charge on any atom is -0.421 e. The summed E-state index contributed by atoms with van der Waals surface area (Å²) in [6.07, 6.45) is 0.690. The number of esters is 1. The fourth-order valence-electron chi connectivity index (χ4n) is 1.89. The number of benzene rings is 1. The molecule has 23 heavy (non-hydrogen) atoms. The van der Waals surface area contributed by atoms with Crippen molar-refractivity contribution >= 4 is 11.7 Å². The third-order valence-electron chi connectivity index (χ3n) is 3.10. The molecule has 0 N–H and O–H groups in total. The lowest BCUT2D eigenvalue weighted by molar-refractivity contribution is -0.384. The Hall–Kier alpha value is -3.03. The maximum absolute atomic E-state index is 12.1. The van der Waals surface area contributed by atoms with Crippen LogP contribution in [0.3, 0.4) is 0 Å². The first kappa shape index (κ1) is 16.3. The van der Waals surface area contributed by atoms with Gasteiger partial charge >= 0.3 is 5.97 Å². The number of ether oxygens (including phenoxy) is 1. The number of carbonyl (C=O) groups excluding carboxylic acids is 1. The lowest BCUT2D eigenvalue weighted by atomic mass is 10.2. The number of hydrogen-bond donors (Lipinski definition) is 0. The molecule has 0 atom stereocenters. The summed E-state index contributed by atoms with van der Waals surface area (Å²) in [7, 11) is 0. The summed E-state index contributed by atoms with van der Waals surface area (Å²) < 4.78 is 6.35. The second kappa shape index (κ2) is 6.82. The molecule has 8 heteroatoms. The van der Waals surface area contributed by atoms with Crippen LogP contribution in [0.2, 0.25) is 0 Å². The number of aryl methyl sites for hydroxylation is 2. The number of nitro groups is 1. The van der Waals surface area contributed by atoms with Crippen molar-refractivity contribution in [3.63, 3.8) is 0 Å². The highest BCUT2D eigenvalue weighted by molar-refractivity contribution is 5.89. The average Bonchev–Trinajstić information content (AvgIpc) is 2.51. The third kappa shape index (κ3) is 3.79. The maximum atomic E-state index is 12.1. The molecule has 0 aliphatic heterocycles. The van der Waals surface area contributed by atoms with Gasteiger partial charge in [-0.3, -0.25) is 14.9 Å². The van der Waals surface area contributed by atoms with Gasteiger partial charge < -0.3 is 4.74 Å². The molecule has 0 aliphatic carbocycles. The van der Waals surface area contributed by atoms with Crippen molar-refractivity contribution in [3.05, 3.63) is 62.1 Å². The predicted octanol–water partition coefficient (Wildman–Crippen LogP) is 2.09. The molecule has 0 fully saturated rings. The Morgan fingerprint density at radius 1 is 1.35 bits per heavy atom. The number of hydrogen-bond acceptors (Lipinski definition) is 6. The monoisotopic (exact) mass is 317 g/mol. The number of aromatic nitrogens is 2. The predicted molar refractivity (Wildman–Crippen MR) is 81.6 cm³/mol. The van der Waals surface area contributed by atoms with Gasteiger partial charge in [-0.1, -0.05) is 6.92 Å². The fourth-order valence-corrected chi connectivity index (χ4v) is 1.89. The van der Waals surface area contributed by atoms with Crippen molar-refractivity contribution in [2.75, 3.05) is 0 Å². The molecular formula is C15H15N3O5. The van der Waals surface area contributed by atoms with Crippen LogP contribution in [0.15, 0.2) is 35.1 Å². The lowest BCUT2D eigenvalue weighted by Gasteiger charge is -2.08. The molecule has 8 nitrogen and oxygen atoms in total. The minimum absolute atomic E-state index is 0.0380. The maximum Gasteiger partial charge on any atom is 0.364 e. The van der Waals surface area contributed by atoms with E-state index in [1.54, 1.807) is 6.92 Å². The van der Waals surface area contributed by atoms with Crippen molar-refractivity contribution in [3.8, 4) is 5.75 Å². The van der Waals surface area contributed by atoms with Crippen LogP contribution < -0.4 is 10.3 Å². The van der Waals surface area contributed by atoms with Crippen LogP contribution in [0.25, 0.3) is 0 Å². The van der Waals surface area contributed by atoms with Crippen LogP contribution in [0, 0.1) is 17.0 Å². The van der Waals surface area contributed by atoms with Crippen LogP contribution >= 0.6 is 0 Å². The van der Waals surface area contributed by atoms with E-state index < -0.39 is 10.9 Å². The molecule has 0 amide bonds. The first-order chi connectivity index (χ1) is 10.9. The Kier molecular flexibility index (Phi) is 4.85. The molecule has 1 aromatic heterocycles. The van der Waals surface area contributed by atoms with Crippen molar-refractivity contribution in [2.45, 2.75) is 26.8 Å². The van der Waals surface area contributed by atoms with Gasteiger partial charge in [0.25, 0.3) is 11.2 Å². The van der Waals surface area contributed by atoms with E-state index in [4.69, 9.17) is 4.74 Å². The first-order valence-corrected chi connectivity index (χ1v) is 6.97. The van der Waals surface area contributed by atoms with Crippen LogP contribution in [-0.4, -0.2) is 20.7 Å². The largest absolute Gasteiger partial charge is 0.421 e. The van der Waals surface area contributed by atoms with E-state index in [9.17, 15) is 19.7 Å². The zero-order valence-corrected chi connectivity index (χ0v) is 12.7. The highest BCUT2D eigenvalue weighted by atomic mass is 16.6. The number of nitrogens with zero attached hydrogens (tertiary/aromatic N) is 3. The van der Waals surface area contributed by atoms with Crippen molar-refractivity contribution < 1.29 is 14.5 Å². The van der Waals surface area contributed by atoms with Crippen LogP contribution in [0.1, 0.15) is 29.4 Å². The van der Waals surface area contributed by atoms with E-state index in [2.05, 4.69) is 5.10 Å². The van der Waals surface area contributed by atoms with E-state index in [1.165, 1.54) is 35.0 Å². The lowest BCUT2D eigenvalue weighted by Crippen LogP contribution is -2.25. The molecule has 0 radical (unpaired) electrons. The summed E-state index contributed by atoms with van der Waals surface area (Å²) in [5.74, 6) is -0.697. The van der Waals surface area contributed by atoms with E-state index in [-0.39, 0.29) is 22.7 Å². The molecule has 120 valence electrons. The average molecular weight is 317 g/mol. The van der Waals surface area contributed by atoms with Gasteiger partial charge in [0.2, 0.25) is 0 Å². The van der Waals surface area contributed by atoms with Crippen molar-refractivity contribution in [2.24, 2.45) is 0 Å². The molecule has 0 aliphatic rings. The van der Waals surface area contributed by atoms with Gasteiger partial charge in [-0.05, 0) is 31.0 Å². The minimum atomic E-state index is -0.779. The Bertz CT molecular complexity index is 813. The van der Waals surface area contributed by atoms with E-state index in [1.807, 2.05) is 6.92 Å². The Balaban J connectivity index is 2.29. The molecule has 1 aromatic carbocycles. The summed E-state index contributed by atoms with van der Waals surface area (Å²) in [6.45, 7) is 3.93. The molecule has 2 aromatic rings. The highest BCUT2D eigenvalue weighted by Gasteiger charge is 2.16. The van der Waals surface area contributed by atoms with E-state index >= 15 is 0 Å². The molecular weight excluding hydrogens is 302 g/mol. The highest BCUT2D eigenvalue weighted by Crippen LogP contribution is 2.24. The zero-order chi connectivity index (χ0) is 17.0. The van der Waals surface area contributed by atoms with Crippen LogP contribution in [0.5, 0.6) is 5.75 Å². The standard InChI is InChI=1S/C15H15N3O5/c1-3-8-17-14(19)7-6-12(16-17)15(20)23-13-9-11(18(21)22)5-4-10(13)2/h4-7,9H,3,8H2,1-2H3. The Labute approximate surface area is 131 Å². The Morgan fingerprint density at radius 2 is 2.09 bits per heavy atom. The van der Waals surface area contributed by atoms with Gasteiger partial charge in [0.1, 0.15) is 5.75 Å². The first-order valence-electron chi connectivity index (χ1n) is 6.97. The van der Waals surface area contributed by atoms with Crippen molar-refractivity contribution in [1.29, 1.82) is 0 Å². The number of non-ortho nitro benzene ring substituents is 1. The molecule has 1 heterocycles. The SMILES string of the molecule is CCCn1nc(C(=O)Oc2cc([N+](=O)[O-])ccc2C)ccc1=O. The summed E-state index contributed by atoms with van der Waals surface area (Å²) >= 11 is 0. The van der Waals surface area contributed by atoms with Gasteiger partial charge in [0.05, 0.1) is 11.0 Å². The zero-order valence-electron chi connectivity index (χ0n) is 12.7. The van der Waals surface area contributed by atoms with Gasteiger partial charge in [-0.15, -0.1) is 0 Å². The summed E-state index contributed by atoms with van der Waals surface area (Å²) in [6, 6.07) is 6.50. The van der Waals surface area contributed by atoms with Gasteiger partial charge in [-0.25, -0.2) is 9.48 Å². The second-order valence-corrected chi connectivity index (χ2v) is 4.88. The van der Waals surface area contributed by atoms with Gasteiger partial charge in [0.15, 0.2) is 5.69 Å². The Morgan fingerprint density at radius 3 is 2.74 bits per heavy atom. The molecule has 0 bridgehead atoms. The fraction of sp³-hybridized carbons (Fsp3) is 0.267. The summed E-state index contributed by atoms with van der Waals surface area (Å²) in [5.41, 5.74) is 0.0482. The smallest absolute Gasteiger partial charge is 0.364 e. The van der Waals surface area contributed by atoms with E-state index in [0.717, 1.165) is 0 Å². The van der Waals surface area contributed by atoms with Crippen molar-refractivity contribution in [1.82, 2.24) is 9.78 Å². The quantitative estimate of drug-likeness (QED) is 0.362. The normalized spacial score (nSPS) is 10.3. The summed E-state index contributed by atoms with van der Waals surface area (Å²) in [5, 5.41) is 14.7. The topological polar surface area (TPSA) is 104 Å². The number of rotatable bonds is 5. The second-order valence-electron chi connectivity index (χ2n) is 4.88. The summed E-state index contributed by atoms with van der Waals surface area (Å²) in [4.78, 5) is 34.0. The molecule has 0 unspecified atom stereocenters. The van der Waals surface area contributed by atoms with Crippen LogP contribution in [-0.2, 0) is 6.54 Å². The van der Waals surface area contributed by atoms with Crippen LogP contribution in [0.4, 0.5) is 5.69 Å². The number of nitro benzene ring substituents is 1. The number of carbonyl (C=O) groups is 1. The molecule has 0 saturated heterocycles.